The topological polar surface area (TPSA) is 52.7 Å². The zero-order valence-electron chi connectivity index (χ0n) is 20.4. The van der Waals surface area contributed by atoms with Gasteiger partial charge in [0.05, 0.1) is 17.4 Å². The molecule has 0 spiro atoms. The Balaban J connectivity index is 1.97. The third-order valence-corrected chi connectivity index (χ3v) is 6.70. The summed E-state index contributed by atoms with van der Waals surface area (Å²) in [5.41, 5.74) is 2.25. The Morgan fingerprint density at radius 3 is 2.29 bits per heavy atom. The maximum atomic E-state index is 13.9. The van der Waals surface area contributed by atoms with E-state index >= 15 is 0 Å². The smallest absolute Gasteiger partial charge is 0.372 e. The van der Waals surface area contributed by atoms with Crippen LogP contribution >= 0.6 is 0 Å². The maximum Gasteiger partial charge on any atom is 0.471 e. The van der Waals surface area contributed by atoms with Crippen LogP contribution < -0.4 is 15.1 Å². The molecule has 0 fully saturated rings. The molecule has 2 aromatic rings. The van der Waals surface area contributed by atoms with Crippen molar-refractivity contribution in [3.8, 4) is 0 Å². The fourth-order valence-corrected chi connectivity index (χ4v) is 5.12. The SMILES string of the molecule is CCN(CC)c1ccc([C@H]2C3=C(CC(C)(C)CC3=O)Nc3ccccc3N2C(=O)C(F)(F)F)cc1. The zero-order chi connectivity index (χ0) is 25.5. The number of amides is 1. The molecule has 1 aliphatic heterocycles. The van der Waals surface area contributed by atoms with Crippen molar-refractivity contribution in [3.05, 3.63) is 65.4 Å². The van der Waals surface area contributed by atoms with E-state index in [1.165, 1.54) is 6.07 Å². The number of anilines is 3. The Morgan fingerprint density at radius 1 is 1.06 bits per heavy atom. The van der Waals surface area contributed by atoms with Gasteiger partial charge < -0.3 is 10.2 Å². The quantitative estimate of drug-likeness (QED) is 0.557. The molecule has 0 unspecified atom stereocenters. The van der Waals surface area contributed by atoms with Gasteiger partial charge in [-0.3, -0.25) is 14.5 Å². The van der Waals surface area contributed by atoms with Gasteiger partial charge in [-0.25, -0.2) is 0 Å². The second-order valence-corrected chi connectivity index (χ2v) is 9.81. The second-order valence-electron chi connectivity index (χ2n) is 9.81. The molecule has 35 heavy (non-hydrogen) atoms. The van der Waals surface area contributed by atoms with Gasteiger partial charge in [0.25, 0.3) is 0 Å². The van der Waals surface area contributed by atoms with Crippen molar-refractivity contribution in [2.24, 2.45) is 5.41 Å². The highest BCUT2D eigenvalue weighted by molar-refractivity contribution is 6.07. The van der Waals surface area contributed by atoms with Gasteiger partial charge in [-0.1, -0.05) is 38.1 Å². The number of alkyl halides is 3. The van der Waals surface area contributed by atoms with E-state index in [2.05, 4.69) is 10.2 Å². The average molecular weight is 486 g/mol. The number of ketones is 1. The number of fused-ring (bicyclic) bond motifs is 1. The van der Waals surface area contributed by atoms with Crippen molar-refractivity contribution in [2.75, 3.05) is 28.2 Å². The number of nitrogens with zero attached hydrogens (tertiary/aromatic N) is 2. The molecule has 1 heterocycles. The fourth-order valence-electron chi connectivity index (χ4n) is 5.12. The molecule has 0 radical (unpaired) electrons. The molecule has 1 atom stereocenters. The van der Waals surface area contributed by atoms with Crippen molar-refractivity contribution < 1.29 is 22.8 Å². The highest BCUT2D eigenvalue weighted by atomic mass is 19.4. The van der Waals surface area contributed by atoms with Crippen molar-refractivity contribution in [1.29, 1.82) is 0 Å². The van der Waals surface area contributed by atoms with Crippen molar-refractivity contribution in [2.45, 2.75) is 52.8 Å². The van der Waals surface area contributed by atoms with Crippen LogP contribution in [-0.4, -0.2) is 31.0 Å². The van der Waals surface area contributed by atoms with Crippen LogP contribution in [-0.2, 0) is 9.59 Å². The summed E-state index contributed by atoms with van der Waals surface area (Å²) < 4.78 is 41.8. The Hall–Kier alpha value is -3.29. The minimum Gasteiger partial charge on any atom is -0.372 e. The number of para-hydroxylation sites is 2. The van der Waals surface area contributed by atoms with Crippen LogP contribution in [0.2, 0.25) is 0 Å². The lowest BCUT2D eigenvalue weighted by atomic mass is 9.73. The van der Waals surface area contributed by atoms with Crippen LogP contribution in [0, 0.1) is 5.41 Å². The molecule has 0 aromatic heterocycles. The van der Waals surface area contributed by atoms with Crippen molar-refractivity contribution in [3.63, 3.8) is 0 Å². The first-order valence-electron chi connectivity index (χ1n) is 11.8. The fraction of sp³-hybridized carbons (Fsp3) is 0.407. The van der Waals surface area contributed by atoms with Gasteiger partial charge in [0.1, 0.15) is 0 Å². The summed E-state index contributed by atoms with van der Waals surface area (Å²) in [5.74, 6) is -2.26. The largest absolute Gasteiger partial charge is 0.471 e. The Labute approximate surface area is 203 Å². The second kappa shape index (κ2) is 9.06. The summed E-state index contributed by atoms with van der Waals surface area (Å²) in [6.07, 6.45) is -4.45. The molecule has 2 aliphatic rings. The molecule has 4 rings (SSSR count). The normalized spacial score (nSPS) is 19.5. The number of carbonyl (C=O) groups excluding carboxylic acids is 2. The van der Waals surface area contributed by atoms with Crippen LogP contribution in [0.4, 0.5) is 30.2 Å². The predicted molar refractivity (Wildman–Crippen MR) is 131 cm³/mol. The lowest BCUT2D eigenvalue weighted by Gasteiger charge is -2.37. The van der Waals surface area contributed by atoms with E-state index in [-0.39, 0.29) is 28.9 Å². The third-order valence-electron chi connectivity index (χ3n) is 6.70. The lowest BCUT2D eigenvalue weighted by Crippen LogP contribution is -2.45. The van der Waals surface area contributed by atoms with E-state index in [1.807, 2.05) is 39.8 Å². The molecule has 2 aromatic carbocycles. The molecule has 0 saturated heterocycles. The minimum absolute atomic E-state index is 0.0904. The summed E-state index contributed by atoms with van der Waals surface area (Å²) in [4.78, 5) is 29.3. The van der Waals surface area contributed by atoms with Crippen LogP contribution in [0.25, 0.3) is 0 Å². The number of allylic oxidation sites excluding steroid dienone is 1. The Morgan fingerprint density at radius 2 is 1.69 bits per heavy atom. The number of Topliss-reactive ketones (excluding diaryl/α,β-unsaturated/α-hetero) is 1. The summed E-state index contributed by atoms with van der Waals surface area (Å²) in [7, 11) is 0. The number of hydrogen-bond donors (Lipinski definition) is 1. The van der Waals surface area contributed by atoms with E-state index < -0.39 is 18.1 Å². The van der Waals surface area contributed by atoms with Gasteiger partial charge in [0.2, 0.25) is 0 Å². The molecule has 0 saturated carbocycles. The summed E-state index contributed by atoms with van der Waals surface area (Å²) in [5, 5.41) is 3.22. The maximum absolute atomic E-state index is 13.9. The van der Waals surface area contributed by atoms with E-state index in [1.54, 1.807) is 30.3 Å². The number of nitrogens with one attached hydrogen (secondary N) is 1. The molecule has 0 bridgehead atoms. The Bertz CT molecular complexity index is 1160. The zero-order valence-corrected chi connectivity index (χ0v) is 20.4. The van der Waals surface area contributed by atoms with Crippen LogP contribution in [0.3, 0.4) is 0 Å². The third kappa shape index (κ3) is 4.66. The van der Waals surface area contributed by atoms with Gasteiger partial charge in [-0.2, -0.15) is 13.2 Å². The molecular weight excluding hydrogens is 455 g/mol. The molecular formula is C27H30F3N3O2. The molecule has 1 N–H and O–H groups in total. The number of carbonyl (C=O) groups is 2. The van der Waals surface area contributed by atoms with Crippen LogP contribution in [0.1, 0.15) is 52.1 Å². The van der Waals surface area contributed by atoms with Crippen molar-refractivity contribution >= 4 is 28.8 Å². The van der Waals surface area contributed by atoms with E-state index in [0.717, 1.165) is 23.7 Å². The Kier molecular flexibility index (Phi) is 6.42. The van der Waals surface area contributed by atoms with E-state index in [0.29, 0.717) is 23.4 Å². The molecule has 5 nitrogen and oxygen atoms in total. The number of hydrogen-bond acceptors (Lipinski definition) is 4. The van der Waals surface area contributed by atoms with Gasteiger partial charge in [0, 0.05) is 36.5 Å². The van der Waals surface area contributed by atoms with Crippen LogP contribution in [0.5, 0.6) is 0 Å². The first-order chi connectivity index (χ1) is 16.5. The van der Waals surface area contributed by atoms with Crippen LogP contribution in [0.15, 0.2) is 59.8 Å². The number of benzene rings is 2. The molecule has 186 valence electrons. The van der Waals surface area contributed by atoms with Gasteiger partial charge in [0.15, 0.2) is 5.78 Å². The predicted octanol–water partition coefficient (Wildman–Crippen LogP) is 6.24. The molecule has 8 heteroatoms. The molecule has 1 aliphatic carbocycles. The number of rotatable bonds is 4. The lowest BCUT2D eigenvalue weighted by molar-refractivity contribution is -0.170. The highest BCUT2D eigenvalue weighted by Gasteiger charge is 2.50. The summed E-state index contributed by atoms with van der Waals surface area (Å²) in [6, 6.07) is 12.3. The summed E-state index contributed by atoms with van der Waals surface area (Å²) in [6.45, 7) is 9.51. The monoisotopic (exact) mass is 485 g/mol. The minimum atomic E-state index is -5.12. The van der Waals surface area contributed by atoms with E-state index in [4.69, 9.17) is 0 Å². The number of halogens is 3. The van der Waals surface area contributed by atoms with Crippen molar-refractivity contribution in [1.82, 2.24) is 0 Å². The molecule has 1 amide bonds. The highest BCUT2D eigenvalue weighted by Crippen LogP contribution is 2.49. The van der Waals surface area contributed by atoms with E-state index in [9.17, 15) is 22.8 Å². The summed E-state index contributed by atoms with van der Waals surface area (Å²) >= 11 is 0. The standard InChI is InChI=1S/C27H30F3N3O2/c1-5-32(6-2)18-13-11-17(12-14-18)24-23-20(15-26(3,4)16-22(23)34)31-19-9-7-8-10-21(19)33(24)25(35)27(28,29)30/h7-14,24,31H,5-6,15-16H2,1-4H3/t24-/m0/s1. The van der Waals surface area contributed by atoms with Gasteiger partial charge in [-0.15, -0.1) is 0 Å². The first kappa shape index (κ1) is 24.8. The van der Waals surface area contributed by atoms with Gasteiger partial charge >= 0.3 is 12.1 Å². The average Bonchev–Trinajstić information content (AvgIpc) is 2.92. The first-order valence-corrected chi connectivity index (χ1v) is 11.8. The van der Waals surface area contributed by atoms with Gasteiger partial charge in [-0.05, 0) is 55.5 Å².